The number of piperidine rings is 1. The normalized spacial score (nSPS) is 26.4. The third-order valence-electron chi connectivity index (χ3n) is 5.47. The van der Waals surface area contributed by atoms with Crippen molar-refractivity contribution in [3.63, 3.8) is 0 Å². The summed E-state index contributed by atoms with van der Waals surface area (Å²) < 4.78 is 28.9. The predicted molar refractivity (Wildman–Crippen MR) is 111 cm³/mol. The minimum atomic E-state index is -3.42. The van der Waals surface area contributed by atoms with Gasteiger partial charge in [-0.2, -0.15) is 0 Å². The average molecular weight is 514 g/mol. The lowest BCUT2D eigenvalue weighted by Gasteiger charge is -2.35. The fraction of sp³-hybridized carbons (Fsp3) is 0.765. The number of nitrogens with zero attached hydrogens (tertiary/aromatic N) is 1. The summed E-state index contributed by atoms with van der Waals surface area (Å²) in [6, 6.07) is 2.41. The van der Waals surface area contributed by atoms with Gasteiger partial charge in [-0.05, 0) is 62.7 Å². The molecule has 0 radical (unpaired) electrons. The Labute approximate surface area is 172 Å². The SMILES string of the molecule is CC1CCN(C2CCC(NS(=O)(=O)c3cc(CBr)c(CBr)s3)C2)CC1. The van der Waals surface area contributed by atoms with Crippen LogP contribution in [0.3, 0.4) is 0 Å². The molecule has 1 aromatic rings. The van der Waals surface area contributed by atoms with Gasteiger partial charge in [0.05, 0.1) is 0 Å². The molecule has 0 amide bonds. The van der Waals surface area contributed by atoms with E-state index in [0.29, 0.717) is 20.9 Å². The first-order chi connectivity index (χ1) is 11.9. The van der Waals surface area contributed by atoms with Gasteiger partial charge < -0.3 is 4.90 Å². The van der Waals surface area contributed by atoms with E-state index in [-0.39, 0.29) is 6.04 Å². The van der Waals surface area contributed by atoms with Crippen molar-refractivity contribution < 1.29 is 8.42 Å². The second-order valence-corrected chi connectivity index (χ2v) is 11.5. The highest BCUT2D eigenvalue weighted by molar-refractivity contribution is 9.09. The molecule has 142 valence electrons. The highest BCUT2D eigenvalue weighted by atomic mass is 79.9. The summed E-state index contributed by atoms with van der Waals surface area (Å²) >= 11 is 8.25. The lowest BCUT2D eigenvalue weighted by molar-refractivity contribution is 0.139. The van der Waals surface area contributed by atoms with Gasteiger partial charge in [0.25, 0.3) is 0 Å². The lowest BCUT2D eigenvalue weighted by Crippen LogP contribution is -2.41. The zero-order valence-corrected chi connectivity index (χ0v) is 19.3. The molecular formula is C17H26Br2N2O2S2. The maximum atomic E-state index is 12.8. The fourth-order valence-corrected chi connectivity index (χ4v) is 7.97. The molecule has 2 atom stereocenters. The molecule has 1 saturated carbocycles. The Balaban J connectivity index is 1.61. The molecular weight excluding hydrogens is 488 g/mol. The van der Waals surface area contributed by atoms with Gasteiger partial charge in [-0.15, -0.1) is 11.3 Å². The van der Waals surface area contributed by atoms with E-state index in [4.69, 9.17) is 0 Å². The first kappa shape index (κ1) is 20.3. The molecule has 4 nitrogen and oxygen atoms in total. The van der Waals surface area contributed by atoms with Gasteiger partial charge in [0, 0.05) is 27.6 Å². The molecule has 0 bridgehead atoms. The first-order valence-corrected chi connectivity index (χ1v) is 13.5. The van der Waals surface area contributed by atoms with Crippen LogP contribution in [0.25, 0.3) is 0 Å². The average Bonchev–Trinajstić information content (AvgIpc) is 3.22. The number of rotatable bonds is 6. The number of hydrogen-bond donors (Lipinski definition) is 1. The summed E-state index contributed by atoms with van der Waals surface area (Å²) in [5.74, 6) is 0.832. The van der Waals surface area contributed by atoms with Gasteiger partial charge in [-0.25, -0.2) is 13.1 Å². The Bertz CT molecular complexity index is 663. The largest absolute Gasteiger partial charge is 0.300 e. The second-order valence-electron chi connectivity index (χ2n) is 7.28. The molecule has 1 saturated heterocycles. The maximum absolute atomic E-state index is 12.8. The van der Waals surface area contributed by atoms with Crippen molar-refractivity contribution in [1.29, 1.82) is 0 Å². The minimum absolute atomic E-state index is 0.0660. The zero-order valence-electron chi connectivity index (χ0n) is 14.5. The summed E-state index contributed by atoms with van der Waals surface area (Å²) in [5, 5.41) is 1.37. The quantitative estimate of drug-likeness (QED) is 0.571. The van der Waals surface area contributed by atoms with Crippen molar-refractivity contribution in [2.45, 2.75) is 66.0 Å². The van der Waals surface area contributed by atoms with Crippen molar-refractivity contribution in [2.24, 2.45) is 5.92 Å². The van der Waals surface area contributed by atoms with E-state index < -0.39 is 10.0 Å². The summed E-state index contributed by atoms with van der Waals surface area (Å²) in [6.45, 7) is 4.66. The van der Waals surface area contributed by atoms with E-state index in [9.17, 15) is 8.42 Å². The van der Waals surface area contributed by atoms with Crippen LogP contribution in [0.4, 0.5) is 0 Å². The molecule has 1 aromatic heterocycles. The van der Waals surface area contributed by atoms with Crippen molar-refractivity contribution in [3.8, 4) is 0 Å². The lowest BCUT2D eigenvalue weighted by atomic mass is 9.97. The Morgan fingerprint density at radius 2 is 1.92 bits per heavy atom. The maximum Gasteiger partial charge on any atom is 0.250 e. The summed E-state index contributed by atoms with van der Waals surface area (Å²) in [6.07, 6.45) is 5.53. The second kappa shape index (κ2) is 8.69. The van der Waals surface area contributed by atoms with Gasteiger partial charge in [0.15, 0.2) is 0 Å². The number of halogens is 2. The van der Waals surface area contributed by atoms with Gasteiger partial charge in [0.1, 0.15) is 4.21 Å². The van der Waals surface area contributed by atoms with E-state index in [2.05, 4.69) is 48.4 Å². The highest BCUT2D eigenvalue weighted by Gasteiger charge is 2.33. The predicted octanol–water partition coefficient (Wildman–Crippen LogP) is 4.47. The number of alkyl halides is 2. The number of nitrogens with one attached hydrogen (secondary N) is 1. The Hall–Kier alpha value is 0.530. The minimum Gasteiger partial charge on any atom is -0.300 e. The molecule has 1 aliphatic heterocycles. The molecule has 3 rings (SSSR count). The Morgan fingerprint density at radius 1 is 1.20 bits per heavy atom. The molecule has 2 fully saturated rings. The van der Waals surface area contributed by atoms with E-state index in [1.54, 1.807) is 6.07 Å². The van der Waals surface area contributed by atoms with Crippen LogP contribution in [-0.4, -0.2) is 38.5 Å². The molecule has 2 heterocycles. The molecule has 8 heteroatoms. The van der Waals surface area contributed by atoms with Crippen LogP contribution in [0, 0.1) is 5.92 Å². The number of hydrogen-bond acceptors (Lipinski definition) is 4. The van der Waals surface area contributed by atoms with Crippen LogP contribution in [-0.2, 0) is 20.7 Å². The van der Waals surface area contributed by atoms with Gasteiger partial charge in [-0.1, -0.05) is 38.8 Å². The van der Waals surface area contributed by atoms with Crippen molar-refractivity contribution in [1.82, 2.24) is 9.62 Å². The van der Waals surface area contributed by atoms with E-state index in [0.717, 1.165) is 35.6 Å². The third kappa shape index (κ3) is 4.88. The molecule has 2 unspecified atom stereocenters. The molecule has 2 aliphatic rings. The van der Waals surface area contributed by atoms with Crippen LogP contribution >= 0.6 is 43.2 Å². The summed E-state index contributed by atoms with van der Waals surface area (Å²) in [4.78, 5) is 3.65. The topological polar surface area (TPSA) is 49.4 Å². The highest BCUT2D eigenvalue weighted by Crippen LogP contribution is 2.32. The Morgan fingerprint density at radius 3 is 2.52 bits per heavy atom. The third-order valence-corrected chi connectivity index (χ3v) is 10.2. The van der Waals surface area contributed by atoms with Crippen LogP contribution in [0.15, 0.2) is 10.3 Å². The number of sulfonamides is 1. The molecule has 1 aliphatic carbocycles. The smallest absolute Gasteiger partial charge is 0.250 e. The van der Waals surface area contributed by atoms with E-state index in [1.165, 1.54) is 37.3 Å². The van der Waals surface area contributed by atoms with Crippen molar-refractivity contribution in [2.75, 3.05) is 13.1 Å². The number of thiophene rings is 1. The van der Waals surface area contributed by atoms with Crippen molar-refractivity contribution >= 4 is 53.2 Å². The van der Waals surface area contributed by atoms with Crippen LogP contribution in [0.1, 0.15) is 49.5 Å². The van der Waals surface area contributed by atoms with E-state index in [1.807, 2.05) is 0 Å². The van der Waals surface area contributed by atoms with Gasteiger partial charge in [-0.3, -0.25) is 0 Å². The summed E-state index contributed by atoms with van der Waals surface area (Å²) in [5.41, 5.74) is 1.05. The molecule has 0 spiro atoms. The van der Waals surface area contributed by atoms with Crippen LogP contribution < -0.4 is 4.72 Å². The van der Waals surface area contributed by atoms with Crippen molar-refractivity contribution in [3.05, 3.63) is 16.5 Å². The monoisotopic (exact) mass is 512 g/mol. The standard InChI is InChI=1S/C17H26Br2N2O2S2/c1-12-4-6-21(7-5-12)15-3-2-14(9-15)20-25(22,23)17-8-13(10-18)16(11-19)24-17/h8,12,14-15,20H,2-7,9-11H2,1H3. The van der Waals surface area contributed by atoms with Gasteiger partial charge >= 0.3 is 0 Å². The summed E-state index contributed by atoms with van der Waals surface area (Å²) in [7, 11) is -3.42. The van der Waals surface area contributed by atoms with Crippen LogP contribution in [0.5, 0.6) is 0 Å². The van der Waals surface area contributed by atoms with Gasteiger partial charge in [0.2, 0.25) is 10.0 Å². The molecule has 1 N–H and O–H groups in total. The van der Waals surface area contributed by atoms with Crippen LogP contribution in [0.2, 0.25) is 0 Å². The fourth-order valence-electron chi connectivity index (χ4n) is 3.87. The first-order valence-electron chi connectivity index (χ1n) is 8.92. The number of likely N-dealkylation sites (tertiary alicyclic amines) is 1. The van der Waals surface area contributed by atoms with E-state index >= 15 is 0 Å². The molecule has 0 aromatic carbocycles. The zero-order chi connectivity index (χ0) is 18.0. The molecule has 25 heavy (non-hydrogen) atoms. The Kier molecular flexibility index (Phi) is 7.05.